The van der Waals surface area contributed by atoms with Crippen LogP contribution in [0.1, 0.15) is 6.92 Å². The fourth-order valence-electron chi connectivity index (χ4n) is 2.92. The lowest BCUT2D eigenvalue weighted by Gasteiger charge is -2.12. The number of anilines is 1. The van der Waals surface area contributed by atoms with Crippen molar-refractivity contribution in [3.05, 3.63) is 48.5 Å². The summed E-state index contributed by atoms with van der Waals surface area (Å²) >= 11 is 1.19. The van der Waals surface area contributed by atoms with Crippen LogP contribution >= 0.6 is 11.8 Å². The Bertz CT molecular complexity index is 1150. The average Bonchev–Trinajstić information content (AvgIpc) is 3.40. The van der Waals surface area contributed by atoms with Gasteiger partial charge in [-0.15, -0.1) is 10.2 Å². The van der Waals surface area contributed by atoms with Crippen LogP contribution in [-0.4, -0.2) is 40.6 Å². The van der Waals surface area contributed by atoms with E-state index in [1.165, 1.54) is 11.8 Å². The molecule has 1 amide bonds. The molecule has 2 aromatic heterocycles. The number of methoxy groups -OCH3 is 2. The predicted molar refractivity (Wildman–Crippen MR) is 115 cm³/mol. The fraction of sp³-hybridized carbons (Fsp3) is 0.190. The van der Waals surface area contributed by atoms with Crippen LogP contribution in [0.3, 0.4) is 0 Å². The molecule has 0 bridgehead atoms. The molecule has 2 aromatic carbocycles. The summed E-state index contributed by atoms with van der Waals surface area (Å²) in [5.74, 6) is 1.31. The first kappa shape index (κ1) is 19.8. The first-order chi connectivity index (χ1) is 14.6. The van der Waals surface area contributed by atoms with Crippen LogP contribution in [-0.2, 0) is 4.79 Å². The minimum Gasteiger partial charge on any atom is -0.493 e. The number of ether oxygens (including phenoxy) is 2. The van der Waals surface area contributed by atoms with Gasteiger partial charge in [-0.05, 0) is 31.2 Å². The molecule has 0 saturated heterocycles. The second-order valence-corrected chi connectivity index (χ2v) is 7.75. The molecular weight excluding hydrogens is 404 g/mol. The van der Waals surface area contributed by atoms with Crippen molar-refractivity contribution in [2.75, 3.05) is 19.5 Å². The molecule has 30 heavy (non-hydrogen) atoms. The number of hydrogen-bond acceptors (Lipinski definition) is 7. The van der Waals surface area contributed by atoms with E-state index in [0.29, 0.717) is 28.3 Å². The summed E-state index contributed by atoms with van der Waals surface area (Å²) < 4.78 is 16.2. The normalized spacial score (nSPS) is 12.0. The summed E-state index contributed by atoms with van der Waals surface area (Å²) in [6.45, 7) is 1.77. The lowest BCUT2D eigenvalue weighted by Crippen LogP contribution is -2.22. The number of carbonyl (C=O) groups excluding carboxylic acids is 1. The van der Waals surface area contributed by atoms with Crippen LogP contribution < -0.4 is 14.8 Å². The number of thioether (sulfide) groups is 1. The van der Waals surface area contributed by atoms with Crippen molar-refractivity contribution in [2.24, 2.45) is 0 Å². The molecule has 0 unspecified atom stereocenters. The molecule has 0 spiro atoms. The molecule has 0 aliphatic rings. The van der Waals surface area contributed by atoms with Crippen LogP contribution in [0.15, 0.2) is 58.2 Å². The van der Waals surface area contributed by atoms with Gasteiger partial charge in [0, 0.05) is 22.7 Å². The third-order valence-corrected chi connectivity index (χ3v) is 5.40. The molecular formula is C21H20N4O4S. The highest BCUT2D eigenvalue weighted by molar-refractivity contribution is 8.00. The van der Waals surface area contributed by atoms with Gasteiger partial charge >= 0.3 is 0 Å². The Labute approximate surface area is 177 Å². The van der Waals surface area contributed by atoms with Crippen LogP contribution in [0.25, 0.3) is 22.5 Å². The van der Waals surface area contributed by atoms with Gasteiger partial charge in [0.1, 0.15) is 5.69 Å². The van der Waals surface area contributed by atoms with E-state index in [1.807, 2.05) is 30.3 Å². The maximum atomic E-state index is 12.6. The quantitative estimate of drug-likeness (QED) is 0.425. The van der Waals surface area contributed by atoms with E-state index in [4.69, 9.17) is 13.9 Å². The first-order valence-electron chi connectivity index (χ1n) is 9.18. The number of para-hydroxylation sites is 1. The number of amides is 1. The number of fused-ring (bicyclic) bond motifs is 1. The SMILES string of the molecule is COc1ccc(NC(=O)[C@@H](C)Sc2nnc(-c3cc4ccccc4[nH]3)o2)cc1OC. The van der Waals surface area contributed by atoms with E-state index in [1.54, 1.807) is 39.3 Å². The molecule has 9 heteroatoms. The summed E-state index contributed by atoms with van der Waals surface area (Å²) in [4.78, 5) is 15.8. The summed E-state index contributed by atoms with van der Waals surface area (Å²) in [5.41, 5.74) is 2.33. The molecule has 8 nitrogen and oxygen atoms in total. The minimum atomic E-state index is -0.450. The molecule has 2 N–H and O–H groups in total. The molecule has 154 valence electrons. The maximum absolute atomic E-state index is 12.6. The van der Waals surface area contributed by atoms with E-state index in [-0.39, 0.29) is 5.91 Å². The average molecular weight is 424 g/mol. The van der Waals surface area contributed by atoms with E-state index in [9.17, 15) is 4.79 Å². The highest BCUT2D eigenvalue weighted by Crippen LogP contribution is 2.31. The zero-order chi connectivity index (χ0) is 21.1. The molecule has 0 aliphatic heterocycles. The van der Waals surface area contributed by atoms with Gasteiger partial charge in [-0.2, -0.15) is 0 Å². The lowest BCUT2D eigenvalue weighted by molar-refractivity contribution is -0.115. The Morgan fingerprint density at radius 3 is 2.67 bits per heavy atom. The van der Waals surface area contributed by atoms with Crippen molar-refractivity contribution in [2.45, 2.75) is 17.4 Å². The number of hydrogen-bond donors (Lipinski definition) is 2. The highest BCUT2D eigenvalue weighted by Gasteiger charge is 2.20. The topological polar surface area (TPSA) is 102 Å². The predicted octanol–water partition coefficient (Wildman–Crippen LogP) is 4.35. The summed E-state index contributed by atoms with van der Waals surface area (Å²) in [7, 11) is 3.10. The van der Waals surface area contributed by atoms with Gasteiger partial charge in [-0.1, -0.05) is 30.0 Å². The lowest BCUT2D eigenvalue weighted by atomic mass is 10.2. The summed E-state index contributed by atoms with van der Waals surface area (Å²) in [5, 5.41) is 11.9. The highest BCUT2D eigenvalue weighted by atomic mass is 32.2. The van der Waals surface area contributed by atoms with Gasteiger partial charge in [-0.25, -0.2) is 0 Å². The van der Waals surface area contributed by atoms with Crippen molar-refractivity contribution < 1.29 is 18.7 Å². The van der Waals surface area contributed by atoms with Gasteiger partial charge in [-0.3, -0.25) is 4.79 Å². The number of aromatic amines is 1. The second-order valence-electron chi connectivity index (χ2n) is 6.46. The van der Waals surface area contributed by atoms with Crippen LogP contribution in [0.2, 0.25) is 0 Å². The van der Waals surface area contributed by atoms with Crippen molar-refractivity contribution in [1.29, 1.82) is 0 Å². The van der Waals surface area contributed by atoms with Crippen molar-refractivity contribution in [3.8, 4) is 23.1 Å². The molecule has 0 fully saturated rings. The maximum Gasteiger partial charge on any atom is 0.277 e. The number of H-pyrrole nitrogens is 1. The van der Waals surface area contributed by atoms with Gasteiger partial charge in [0.05, 0.1) is 19.5 Å². The number of nitrogens with zero attached hydrogens (tertiary/aromatic N) is 2. The van der Waals surface area contributed by atoms with Gasteiger partial charge in [0.2, 0.25) is 5.91 Å². The smallest absolute Gasteiger partial charge is 0.277 e. The third kappa shape index (κ3) is 4.11. The molecule has 0 radical (unpaired) electrons. The Balaban J connectivity index is 1.42. The fourth-order valence-corrected chi connectivity index (χ4v) is 3.60. The summed E-state index contributed by atoms with van der Waals surface area (Å²) in [6, 6.07) is 15.0. The van der Waals surface area contributed by atoms with Crippen LogP contribution in [0.5, 0.6) is 11.5 Å². The first-order valence-corrected chi connectivity index (χ1v) is 10.1. The number of nitrogens with one attached hydrogen (secondary N) is 2. The third-order valence-electron chi connectivity index (χ3n) is 4.46. The van der Waals surface area contributed by atoms with Crippen molar-refractivity contribution in [1.82, 2.24) is 15.2 Å². The van der Waals surface area contributed by atoms with Crippen molar-refractivity contribution >= 4 is 34.3 Å². The van der Waals surface area contributed by atoms with E-state index >= 15 is 0 Å². The standard InChI is InChI=1S/C21H20N4O4S/c1-12(19(26)22-14-8-9-17(27-2)18(11-14)28-3)30-21-25-24-20(29-21)16-10-13-6-4-5-7-15(13)23-16/h4-12,23H,1-3H3,(H,22,26)/t12-/m1/s1. The van der Waals surface area contributed by atoms with E-state index < -0.39 is 5.25 Å². The number of rotatable bonds is 7. The van der Waals surface area contributed by atoms with Crippen LogP contribution in [0.4, 0.5) is 5.69 Å². The van der Waals surface area contributed by atoms with Gasteiger partial charge in [0.15, 0.2) is 11.5 Å². The van der Waals surface area contributed by atoms with E-state index in [0.717, 1.165) is 16.6 Å². The van der Waals surface area contributed by atoms with Gasteiger partial charge in [0.25, 0.3) is 11.1 Å². The Morgan fingerprint density at radius 2 is 1.90 bits per heavy atom. The molecule has 2 heterocycles. The minimum absolute atomic E-state index is 0.197. The van der Waals surface area contributed by atoms with Gasteiger partial charge < -0.3 is 24.2 Å². The molecule has 4 aromatic rings. The summed E-state index contributed by atoms with van der Waals surface area (Å²) in [6.07, 6.45) is 0. The Hall–Kier alpha value is -3.46. The molecule has 0 saturated carbocycles. The van der Waals surface area contributed by atoms with Crippen molar-refractivity contribution in [3.63, 3.8) is 0 Å². The number of carbonyl (C=O) groups is 1. The number of aromatic nitrogens is 3. The zero-order valence-electron chi connectivity index (χ0n) is 16.6. The second kappa shape index (κ2) is 8.50. The molecule has 1 atom stereocenters. The number of benzene rings is 2. The largest absolute Gasteiger partial charge is 0.493 e. The monoisotopic (exact) mass is 424 g/mol. The zero-order valence-corrected chi connectivity index (χ0v) is 17.4. The Morgan fingerprint density at radius 1 is 1.10 bits per heavy atom. The van der Waals surface area contributed by atoms with E-state index in [2.05, 4.69) is 20.5 Å². The Kier molecular flexibility index (Phi) is 5.62. The van der Waals surface area contributed by atoms with Crippen LogP contribution in [0, 0.1) is 0 Å². The molecule has 4 rings (SSSR count). The molecule has 0 aliphatic carbocycles.